The van der Waals surface area contributed by atoms with Crippen LogP contribution in [0.2, 0.25) is 10.3 Å². The zero-order valence-corrected chi connectivity index (χ0v) is 15.8. The molecule has 1 aliphatic heterocycles. The molecule has 2 aromatic rings. The molecule has 0 aliphatic carbocycles. The number of nitrogens with two attached hydrogens (primary N) is 1. The lowest BCUT2D eigenvalue weighted by molar-refractivity contribution is 0.408. The van der Waals surface area contributed by atoms with Gasteiger partial charge in [-0.25, -0.2) is 4.98 Å². The van der Waals surface area contributed by atoms with Gasteiger partial charge in [0.25, 0.3) is 0 Å². The zero-order valence-electron chi connectivity index (χ0n) is 14.2. The van der Waals surface area contributed by atoms with Gasteiger partial charge in [-0.3, -0.25) is 4.99 Å². The number of allylic oxidation sites excluding steroid dienone is 1. The summed E-state index contributed by atoms with van der Waals surface area (Å²) in [4.78, 5) is 12.2. The standard InChI is InChI=1S/C18H19Cl2N5O/c1-26-16-5-4-14(24-17-15(19)10-23-18(20)25-17)7-12(16)3-2-11-6-13(21)9-22-8-11/h4-7,9-11H,2-3,8,21H2,1H3,(H,23,24,25). The van der Waals surface area contributed by atoms with Crippen molar-refractivity contribution in [1.82, 2.24) is 9.97 Å². The molecule has 0 bridgehead atoms. The maximum atomic E-state index is 6.12. The van der Waals surface area contributed by atoms with Gasteiger partial charge in [0.2, 0.25) is 5.28 Å². The summed E-state index contributed by atoms with van der Waals surface area (Å²) in [5.74, 6) is 1.62. The molecule has 0 spiro atoms. The number of ether oxygens (including phenoxy) is 1. The summed E-state index contributed by atoms with van der Waals surface area (Å²) in [7, 11) is 1.66. The number of nitrogens with zero attached hydrogens (tertiary/aromatic N) is 3. The number of halogens is 2. The van der Waals surface area contributed by atoms with Crippen LogP contribution in [0.3, 0.4) is 0 Å². The summed E-state index contributed by atoms with van der Waals surface area (Å²) in [6.07, 6.45) is 6.99. The van der Waals surface area contributed by atoms with Crippen molar-refractivity contribution in [2.24, 2.45) is 16.6 Å². The fourth-order valence-corrected chi connectivity index (χ4v) is 3.07. The monoisotopic (exact) mass is 391 g/mol. The van der Waals surface area contributed by atoms with Gasteiger partial charge in [0.05, 0.1) is 13.3 Å². The van der Waals surface area contributed by atoms with E-state index in [2.05, 4.69) is 26.4 Å². The first-order chi connectivity index (χ1) is 12.5. The average Bonchev–Trinajstić information content (AvgIpc) is 2.63. The predicted molar refractivity (Wildman–Crippen MR) is 106 cm³/mol. The molecular formula is C18H19Cl2N5O. The number of benzene rings is 1. The molecular weight excluding hydrogens is 373 g/mol. The summed E-state index contributed by atoms with van der Waals surface area (Å²) in [6.45, 7) is 0.760. The van der Waals surface area contributed by atoms with Crippen molar-refractivity contribution in [2.45, 2.75) is 12.8 Å². The molecule has 136 valence electrons. The highest BCUT2D eigenvalue weighted by atomic mass is 35.5. The van der Waals surface area contributed by atoms with E-state index in [9.17, 15) is 0 Å². The highest BCUT2D eigenvalue weighted by Gasteiger charge is 2.13. The van der Waals surface area contributed by atoms with Crippen molar-refractivity contribution in [3.63, 3.8) is 0 Å². The number of nitrogens with one attached hydrogen (secondary N) is 1. The summed E-state index contributed by atoms with van der Waals surface area (Å²) in [5, 5.41) is 3.70. The fraction of sp³-hybridized carbons (Fsp3) is 0.278. The number of aliphatic imine (C=N–C) groups is 1. The lowest BCUT2D eigenvalue weighted by Gasteiger charge is -2.16. The molecule has 2 heterocycles. The molecule has 1 aliphatic rings. The summed E-state index contributed by atoms with van der Waals surface area (Å²) < 4.78 is 5.48. The molecule has 0 saturated carbocycles. The van der Waals surface area contributed by atoms with E-state index in [4.69, 9.17) is 33.7 Å². The van der Waals surface area contributed by atoms with Gasteiger partial charge in [-0.05, 0) is 54.1 Å². The molecule has 3 N–H and O–H groups in total. The summed E-state index contributed by atoms with van der Waals surface area (Å²) in [5.41, 5.74) is 8.47. The van der Waals surface area contributed by atoms with Gasteiger partial charge in [-0.15, -0.1) is 0 Å². The van der Waals surface area contributed by atoms with Gasteiger partial charge in [0.1, 0.15) is 10.8 Å². The van der Waals surface area contributed by atoms with Crippen LogP contribution in [0, 0.1) is 5.92 Å². The van der Waals surface area contributed by atoms with Crippen molar-refractivity contribution in [3.8, 4) is 5.75 Å². The number of dihydropyridines is 1. The van der Waals surface area contributed by atoms with Gasteiger partial charge >= 0.3 is 0 Å². The first-order valence-corrected chi connectivity index (χ1v) is 8.90. The van der Waals surface area contributed by atoms with E-state index in [0.29, 0.717) is 16.8 Å². The number of hydrogen-bond acceptors (Lipinski definition) is 6. The van der Waals surface area contributed by atoms with E-state index in [1.165, 1.54) is 6.20 Å². The van der Waals surface area contributed by atoms with Crippen LogP contribution in [0.15, 0.2) is 41.2 Å². The third kappa shape index (κ3) is 4.65. The van der Waals surface area contributed by atoms with Crippen molar-refractivity contribution in [2.75, 3.05) is 19.0 Å². The van der Waals surface area contributed by atoms with Gasteiger partial charge in [0, 0.05) is 24.1 Å². The minimum absolute atomic E-state index is 0.132. The average molecular weight is 392 g/mol. The normalized spacial score (nSPS) is 16.3. The first-order valence-electron chi connectivity index (χ1n) is 8.14. The number of methoxy groups -OCH3 is 1. The third-order valence-corrected chi connectivity index (χ3v) is 4.51. The lowest BCUT2D eigenvalue weighted by atomic mass is 9.96. The largest absolute Gasteiger partial charge is 0.496 e. The van der Waals surface area contributed by atoms with E-state index >= 15 is 0 Å². The Morgan fingerprint density at radius 2 is 2.19 bits per heavy atom. The van der Waals surface area contributed by atoms with Crippen molar-refractivity contribution < 1.29 is 4.74 Å². The molecule has 26 heavy (non-hydrogen) atoms. The molecule has 8 heteroatoms. The Hall–Kier alpha value is -2.31. The van der Waals surface area contributed by atoms with E-state index in [1.807, 2.05) is 18.2 Å². The number of hydrogen-bond donors (Lipinski definition) is 2. The van der Waals surface area contributed by atoms with Crippen molar-refractivity contribution in [3.05, 3.63) is 52.0 Å². The molecule has 1 aromatic heterocycles. The van der Waals surface area contributed by atoms with E-state index in [1.54, 1.807) is 13.3 Å². The Bertz CT molecular complexity index is 853. The van der Waals surface area contributed by atoms with Crippen LogP contribution >= 0.6 is 23.2 Å². The molecule has 0 saturated heterocycles. The SMILES string of the molecule is COc1ccc(Nc2nc(Cl)ncc2Cl)cc1CCC1C=C(N)C=NC1. The molecule has 0 amide bonds. The Balaban J connectivity index is 1.76. The Morgan fingerprint density at radius 3 is 2.96 bits per heavy atom. The maximum absolute atomic E-state index is 6.12. The summed E-state index contributed by atoms with van der Waals surface area (Å²) >= 11 is 12.0. The van der Waals surface area contributed by atoms with E-state index in [-0.39, 0.29) is 5.28 Å². The minimum Gasteiger partial charge on any atom is -0.496 e. The van der Waals surface area contributed by atoms with Gasteiger partial charge < -0.3 is 15.8 Å². The van der Waals surface area contributed by atoms with Crippen LogP contribution in [-0.2, 0) is 6.42 Å². The first kappa shape index (κ1) is 18.5. The van der Waals surface area contributed by atoms with Crippen LogP contribution in [0.25, 0.3) is 0 Å². The number of anilines is 2. The lowest BCUT2D eigenvalue weighted by Crippen LogP contribution is -2.13. The second kappa shape index (κ2) is 8.38. The van der Waals surface area contributed by atoms with Crippen LogP contribution in [0.4, 0.5) is 11.5 Å². The Morgan fingerprint density at radius 1 is 1.35 bits per heavy atom. The topological polar surface area (TPSA) is 85.4 Å². The highest BCUT2D eigenvalue weighted by Crippen LogP contribution is 2.29. The van der Waals surface area contributed by atoms with Crippen LogP contribution < -0.4 is 15.8 Å². The zero-order chi connectivity index (χ0) is 18.5. The van der Waals surface area contributed by atoms with Crippen LogP contribution in [-0.4, -0.2) is 29.8 Å². The third-order valence-electron chi connectivity index (χ3n) is 4.05. The van der Waals surface area contributed by atoms with Crippen LogP contribution in [0.5, 0.6) is 5.75 Å². The van der Waals surface area contributed by atoms with Crippen molar-refractivity contribution >= 4 is 40.9 Å². The molecule has 3 rings (SSSR count). The van der Waals surface area contributed by atoms with E-state index in [0.717, 1.165) is 42.1 Å². The second-order valence-corrected chi connectivity index (χ2v) is 6.69. The molecule has 0 radical (unpaired) electrons. The molecule has 1 aromatic carbocycles. The Kier molecular flexibility index (Phi) is 5.96. The van der Waals surface area contributed by atoms with Gasteiger partial charge in [-0.2, -0.15) is 4.98 Å². The highest BCUT2D eigenvalue weighted by molar-refractivity contribution is 6.33. The van der Waals surface area contributed by atoms with Crippen molar-refractivity contribution in [1.29, 1.82) is 0 Å². The van der Waals surface area contributed by atoms with Gasteiger partial charge in [-0.1, -0.05) is 17.7 Å². The molecule has 1 unspecified atom stereocenters. The number of aryl methyl sites for hydroxylation is 1. The number of rotatable bonds is 6. The van der Waals surface area contributed by atoms with Crippen LogP contribution in [0.1, 0.15) is 12.0 Å². The second-order valence-electron chi connectivity index (χ2n) is 5.95. The van der Waals surface area contributed by atoms with E-state index < -0.39 is 0 Å². The van der Waals surface area contributed by atoms with Gasteiger partial charge in [0.15, 0.2) is 5.82 Å². The Labute approximate surface area is 162 Å². The summed E-state index contributed by atoms with van der Waals surface area (Å²) in [6, 6.07) is 5.83. The molecule has 1 atom stereocenters. The molecule has 0 fully saturated rings. The predicted octanol–water partition coefficient (Wildman–Crippen LogP) is 4.01. The fourth-order valence-electron chi connectivity index (χ4n) is 2.80. The minimum atomic E-state index is 0.132. The number of aromatic nitrogens is 2. The maximum Gasteiger partial charge on any atom is 0.224 e. The quantitative estimate of drug-likeness (QED) is 0.726. The smallest absolute Gasteiger partial charge is 0.224 e. The molecule has 6 nitrogen and oxygen atoms in total.